The second kappa shape index (κ2) is 8.14. The molecule has 0 aromatic heterocycles. The van der Waals surface area contributed by atoms with E-state index in [-0.39, 0.29) is 23.3 Å². The van der Waals surface area contributed by atoms with Crippen LogP contribution in [-0.2, 0) is 15.8 Å². The molecule has 4 nitrogen and oxygen atoms in total. The molecule has 7 heteroatoms. The average Bonchev–Trinajstić information content (AvgIpc) is 2.63. The first kappa shape index (κ1) is 18.8. The Morgan fingerprint density at radius 3 is 2.04 bits per heavy atom. The van der Waals surface area contributed by atoms with Gasteiger partial charge < -0.3 is 4.74 Å². The van der Waals surface area contributed by atoms with E-state index in [1.165, 1.54) is 40.7 Å². The van der Waals surface area contributed by atoms with Crippen LogP contribution in [0.1, 0.15) is 18.4 Å². The summed E-state index contributed by atoms with van der Waals surface area (Å²) < 4.78 is 58.0. The number of sulfonamides is 1. The van der Waals surface area contributed by atoms with Crippen LogP contribution in [0.25, 0.3) is 0 Å². The van der Waals surface area contributed by atoms with Gasteiger partial charge in [-0.05, 0) is 60.7 Å². The number of nitrogens with zero attached hydrogens (tertiary/aromatic N) is 1. The van der Waals surface area contributed by atoms with Crippen molar-refractivity contribution in [3.05, 3.63) is 65.7 Å². The van der Waals surface area contributed by atoms with Gasteiger partial charge >= 0.3 is 0 Å². The van der Waals surface area contributed by atoms with Crippen molar-refractivity contribution in [1.29, 1.82) is 0 Å². The normalized spacial score (nSPS) is 16.5. The van der Waals surface area contributed by atoms with Crippen molar-refractivity contribution < 1.29 is 21.9 Å². The lowest BCUT2D eigenvalue weighted by atomic mass is 9.99. The van der Waals surface area contributed by atoms with E-state index >= 15 is 0 Å². The van der Waals surface area contributed by atoms with Crippen molar-refractivity contribution in [2.75, 3.05) is 19.7 Å². The fraction of sp³-hybridized carbons (Fsp3) is 0.368. The zero-order chi connectivity index (χ0) is 18.6. The van der Waals surface area contributed by atoms with Crippen LogP contribution in [0.4, 0.5) is 8.78 Å². The smallest absolute Gasteiger partial charge is 0.218 e. The Morgan fingerprint density at radius 1 is 0.923 bits per heavy atom. The highest BCUT2D eigenvalue weighted by Gasteiger charge is 2.28. The molecule has 1 heterocycles. The van der Waals surface area contributed by atoms with E-state index in [2.05, 4.69) is 0 Å². The van der Waals surface area contributed by atoms with E-state index < -0.39 is 10.0 Å². The van der Waals surface area contributed by atoms with Crippen LogP contribution in [0, 0.1) is 17.6 Å². The third-order valence-electron chi connectivity index (χ3n) is 4.53. The maximum atomic E-state index is 12.9. The zero-order valence-corrected chi connectivity index (χ0v) is 15.1. The minimum Gasteiger partial charge on any atom is -0.493 e. The average molecular weight is 381 g/mol. The predicted octanol–water partition coefficient (Wildman–Crippen LogP) is 3.59. The van der Waals surface area contributed by atoms with Crippen LogP contribution in [0.5, 0.6) is 5.75 Å². The molecule has 3 rings (SSSR count). The van der Waals surface area contributed by atoms with E-state index in [0.29, 0.717) is 43.9 Å². The summed E-state index contributed by atoms with van der Waals surface area (Å²) in [5.74, 6) is 0.0598. The van der Waals surface area contributed by atoms with E-state index in [1.54, 1.807) is 12.1 Å². The Labute approximate surface area is 152 Å². The lowest BCUT2D eigenvalue weighted by Gasteiger charge is -2.31. The molecule has 0 N–H and O–H groups in total. The zero-order valence-electron chi connectivity index (χ0n) is 14.3. The van der Waals surface area contributed by atoms with Crippen LogP contribution in [0.2, 0.25) is 0 Å². The molecule has 1 fully saturated rings. The first-order chi connectivity index (χ1) is 12.4. The first-order valence-electron chi connectivity index (χ1n) is 8.53. The van der Waals surface area contributed by atoms with E-state index in [9.17, 15) is 17.2 Å². The van der Waals surface area contributed by atoms with Crippen LogP contribution in [0.3, 0.4) is 0 Å². The standard InChI is InChI=1S/C19H21F2NO3S/c20-17-3-1-16(2-4-17)14-26(23,24)22-11-9-15(10-12-22)13-25-19-7-5-18(21)6-8-19/h1-8,15H,9-14H2. The molecule has 140 valence electrons. The van der Waals surface area contributed by atoms with Gasteiger partial charge in [0.2, 0.25) is 10.0 Å². The minimum absolute atomic E-state index is 0.121. The Bertz CT molecular complexity index is 815. The minimum atomic E-state index is -3.42. The number of benzene rings is 2. The summed E-state index contributed by atoms with van der Waals surface area (Å²) in [6, 6.07) is 11.4. The van der Waals surface area contributed by atoms with Crippen LogP contribution in [-0.4, -0.2) is 32.4 Å². The monoisotopic (exact) mass is 381 g/mol. The Hall–Kier alpha value is -1.99. The van der Waals surface area contributed by atoms with Crippen molar-refractivity contribution >= 4 is 10.0 Å². The largest absolute Gasteiger partial charge is 0.493 e. The lowest BCUT2D eigenvalue weighted by molar-refractivity contribution is 0.185. The summed E-state index contributed by atoms with van der Waals surface area (Å²) in [6.07, 6.45) is 1.42. The fourth-order valence-corrected chi connectivity index (χ4v) is 4.54. The molecule has 0 bridgehead atoms. The molecule has 0 unspecified atom stereocenters. The summed E-state index contributed by atoms with van der Waals surface area (Å²) in [6.45, 7) is 1.37. The third kappa shape index (κ3) is 5.02. The van der Waals surface area contributed by atoms with Crippen LogP contribution >= 0.6 is 0 Å². The summed E-state index contributed by atoms with van der Waals surface area (Å²) in [5, 5.41) is 0. The van der Waals surface area contributed by atoms with Gasteiger partial charge in [-0.2, -0.15) is 0 Å². The summed E-state index contributed by atoms with van der Waals surface area (Å²) in [7, 11) is -3.42. The predicted molar refractivity (Wildman–Crippen MR) is 95.2 cm³/mol. The highest BCUT2D eigenvalue weighted by molar-refractivity contribution is 7.88. The van der Waals surface area contributed by atoms with Gasteiger partial charge in [0.25, 0.3) is 0 Å². The second-order valence-electron chi connectivity index (χ2n) is 6.49. The van der Waals surface area contributed by atoms with Crippen LogP contribution < -0.4 is 4.74 Å². The molecule has 0 amide bonds. The SMILES string of the molecule is O=S(=O)(Cc1ccc(F)cc1)N1CCC(COc2ccc(F)cc2)CC1. The number of halogens is 2. The van der Waals surface area contributed by atoms with Gasteiger partial charge in [0.05, 0.1) is 12.4 Å². The van der Waals surface area contributed by atoms with Gasteiger partial charge in [0.15, 0.2) is 0 Å². The van der Waals surface area contributed by atoms with Crippen molar-refractivity contribution in [2.24, 2.45) is 5.92 Å². The molecule has 0 radical (unpaired) electrons. The van der Waals surface area contributed by atoms with Crippen molar-refractivity contribution in [3.63, 3.8) is 0 Å². The maximum Gasteiger partial charge on any atom is 0.218 e. The van der Waals surface area contributed by atoms with Gasteiger partial charge in [-0.1, -0.05) is 12.1 Å². The maximum absolute atomic E-state index is 12.9. The molecule has 0 spiro atoms. The number of piperidine rings is 1. The lowest BCUT2D eigenvalue weighted by Crippen LogP contribution is -2.40. The molecule has 2 aromatic carbocycles. The Kier molecular flexibility index (Phi) is 5.88. The molecule has 26 heavy (non-hydrogen) atoms. The fourth-order valence-electron chi connectivity index (χ4n) is 2.98. The van der Waals surface area contributed by atoms with E-state index in [4.69, 9.17) is 4.74 Å². The van der Waals surface area contributed by atoms with E-state index in [1.807, 2.05) is 0 Å². The van der Waals surface area contributed by atoms with Crippen molar-refractivity contribution in [1.82, 2.24) is 4.31 Å². The quantitative estimate of drug-likeness (QED) is 0.768. The molecule has 1 saturated heterocycles. The molecular formula is C19H21F2NO3S. The molecule has 1 aliphatic heterocycles. The molecular weight excluding hydrogens is 360 g/mol. The highest BCUT2D eigenvalue weighted by atomic mass is 32.2. The summed E-state index contributed by atoms with van der Waals surface area (Å²) in [5.41, 5.74) is 0.577. The molecule has 1 aliphatic rings. The molecule has 0 aliphatic carbocycles. The van der Waals surface area contributed by atoms with Gasteiger partial charge in [-0.15, -0.1) is 0 Å². The van der Waals surface area contributed by atoms with Gasteiger partial charge in [0.1, 0.15) is 17.4 Å². The topological polar surface area (TPSA) is 46.6 Å². The third-order valence-corrected chi connectivity index (χ3v) is 6.38. The number of hydrogen-bond acceptors (Lipinski definition) is 3. The van der Waals surface area contributed by atoms with Gasteiger partial charge in [-0.25, -0.2) is 21.5 Å². The van der Waals surface area contributed by atoms with Crippen molar-refractivity contribution in [2.45, 2.75) is 18.6 Å². The number of rotatable bonds is 6. The van der Waals surface area contributed by atoms with Gasteiger partial charge in [0, 0.05) is 13.1 Å². The Morgan fingerprint density at radius 2 is 1.46 bits per heavy atom. The number of hydrogen-bond donors (Lipinski definition) is 0. The summed E-state index contributed by atoms with van der Waals surface area (Å²) >= 11 is 0. The Balaban J connectivity index is 1.49. The summed E-state index contributed by atoms with van der Waals surface area (Å²) in [4.78, 5) is 0. The van der Waals surface area contributed by atoms with E-state index in [0.717, 1.165) is 0 Å². The van der Waals surface area contributed by atoms with Gasteiger partial charge in [-0.3, -0.25) is 0 Å². The number of ether oxygens (including phenoxy) is 1. The molecule has 2 aromatic rings. The first-order valence-corrected chi connectivity index (χ1v) is 10.1. The second-order valence-corrected chi connectivity index (χ2v) is 8.46. The van der Waals surface area contributed by atoms with Crippen LogP contribution in [0.15, 0.2) is 48.5 Å². The highest BCUT2D eigenvalue weighted by Crippen LogP contribution is 2.23. The molecule has 0 saturated carbocycles. The molecule has 0 atom stereocenters. The van der Waals surface area contributed by atoms with Crippen molar-refractivity contribution in [3.8, 4) is 5.75 Å².